The Hall–Kier alpha value is -0.560. The van der Waals surface area contributed by atoms with Crippen molar-refractivity contribution in [3.63, 3.8) is 0 Å². The first-order chi connectivity index (χ1) is 5.23. The lowest BCUT2D eigenvalue weighted by molar-refractivity contribution is -0.0352. The third-order valence-corrected chi connectivity index (χ3v) is 1.70. The lowest BCUT2D eigenvalue weighted by Crippen LogP contribution is -2.12. The third-order valence-electron chi connectivity index (χ3n) is 1.70. The molecule has 2 unspecified atom stereocenters. The van der Waals surface area contributed by atoms with Crippen molar-refractivity contribution >= 4 is 0 Å². The summed E-state index contributed by atoms with van der Waals surface area (Å²) in [5.74, 6) is 2.55. The molecule has 3 nitrogen and oxygen atoms in total. The van der Waals surface area contributed by atoms with Gasteiger partial charge in [-0.1, -0.05) is 5.92 Å². The Labute approximate surface area is 66.6 Å². The zero-order valence-electron chi connectivity index (χ0n) is 6.79. The zero-order valence-corrected chi connectivity index (χ0v) is 6.79. The molecule has 2 atom stereocenters. The fourth-order valence-corrected chi connectivity index (χ4v) is 0.820. The predicted octanol–water partition coefficient (Wildman–Crippen LogP) is 0.398. The van der Waals surface area contributed by atoms with E-state index in [0.29, 0.717) is 13.4 Å². The van der Waals surface area contributed by atoms with Gasteiger partial charge in [0.2, 0.25) is 0 Å². The maximum Gasteiger partial charge on any atom is 0.154 e. The quantitative estimate of drug-likeness (QED) is 0.255. The van der Waals surface area contributed by atoms with Crippen LogP contribution in [0.3, 0.4) is 0 Å². The zero-order chi connectivity index (χ0) is 8.32. The van der Waals surface area contributed by atoms with Crippen molar-refractivity contribution in [2.45, 2.75) is 18.6 Å². The van der Waals surface area contributed by atoms with Gasteiger partial charge in [0.25, 0.3) is 0 Å². The summed E-state index contributed by atoms with van der Waals surface area (Å²) in [6, 6.07) is 0. The molecule has 0 aromatic carbocycles. The Morgan fingerprint density at radius 2 is 2.45 bits per heavy atom. The molecule has 1 saturated heterocycles. The van der Waals surface area contributed by atoms with Gasteiger partial charge >= 0.3 is 0 Å². The van der Waals surface area contributed by atoms with Crippen LogP contribution in [-0.4, -0.2) is 32.2 Å². The Morgan fingerprint density at radius 3 is 2.91 bits per heavy atom. The van der Waals surface area contributed by atoms with Gasteiger partial charge in [0.1, 0.15) is 12.9 Å². The average Bonchev–Trinajstić information content (AvgIpc) is 2.64. The van der Waals surface area contributed by atoms with E-state index in [9.17, 15) is 0 Å². The fraction of sp³-hybridized carbons (Fsp3) is 0.750. The molecule has 1 aliphatic heterocycles. The summed E-state index contributed by atoms with van der Waals surface area (Å²) >= 11 is 0. The van der Waals surface area contributed by atoms with Crippen LogP contribution < -0.4 is 0 Å². The molecular formula is C8H12O3. The van der Waals surface area contributed by atoms with Crippen LogP contribution in [0.5, 0.6) is 0 Å². The molecule has 1 fully saturated rings. The first-order valence-corrected chi connectivity index (χ1v) is 3.45. The number of terminal acetylenes is 1. The monoisotopic (exact) mass is 156 g/mol. The molecule has 11 heavy (non-hydrogen) atoms. The molecule has 62 valence electrons. The van der Waals surface area contributed by atoms with Gasteiger partial charge in [-0.25, -0.2) is 0 Å². The van der Waals surface area contributed by atoms with Crippen LogP contribution in [0.2, 0.25) is 0 Å². The number of hydrogen-bond donors (Lipinski definition) is 0. The van der Waals surface area contributed by atoms with Gasteiger partial charge in [-0.3, -0.25) is 0 Å². The number of methoxy groups -OCH3 is 1. The molecule has 0 saturated carbocycles. The second-order valence-corrected chi connectivity index (χ2v) is 2.64. The summed E-state index contributed by atoms with van der Waals surface area (Å²) in [5, 5.41) is 0. The predicted molar refractivity (Wildman–Crippen MR) is 39.9 cm³/mol. The van der Waals surface area contributed by atoms with Crippen molar-refractivity contribution in [2.75, 3.05) is 20.5 Å². The standard InChI is InChI=1S/C8H12O3/c1-4-8(2)7(11-8)5-10-6-9-3/h1,7H,5-6H2,2-3H3. The minimum absolute atomic E-state index is 0.0441. The van der Waals surface area contributed by atoms with Gasteiger partial charge < -0.3 is 14.2 Å². The van der Waals surface area contributed by atoms with Crippen molar-refractivity contribution < 1.29 is 14.2 Å². The number of ether oxygens (including phenoxy) is 3. The van der Waals surface area contributed by atoms with E-state index in [1.54, 1.807) is 7.11 Å². The number of rotatable bonds is 4. The average molecular weight is 156 g/mol. The summed E-state index contributed by atoms with van der Waals surface area (Å²) in [5.41, 5.74) is -0.395. The minimum Gasteiger partial charge on any atom is -0.359 e. The largest absolute Gasteiger partial charge is 0.359 e. The molecule has 3 heteroatoms. The van der Waals surface area contributed by atoms with Crippen LogP contribution in [0.15, 0.2) is 0 Å². The first kappa shape index (κ1) is 8.54. The molecule has 1 heterocycles. The smallest absolute Gasteiger partial charge is 0.154 e. The van der Waals surface area contributed by atoms with Crippen LogP contribution in [0.25, 0.3) is 0 Å². The highest BCUT2D eigenvalue weighted by Gasteiger charge is 2.51. The molecule has 0 radical (unpaired) electrons. The SMILES string of the molecule is C#CC1(C)OC1COCOC. The van der Waals surface area contributed by atoms with E-state index in [0.717, 1.165) is 0 Å². The number of epoxide rings is 1. The van der Waals surface area contributed by atoms with Gasteiger partial charge in [-0.15, -0.1) is 6.42 Å². The Kier molecular flexibility index (Phi) is 2.50. The Balaban J connectivity index is 2.10. The van der Waals surface area contributed by atoms with Crippen molar-refractivity contribution in [1.29, 1.82) is 0 Å². The van der Waals surface area contributed by atoms with E-state index in [1.807, 2.05) is 6.92 Å². The van der Waals surface area contributed by atoms with E-state index in [4.69, 9.17) is 20.6 Å². The normalized spacial score (nSPS) is 34.8. The lowest BCUT2D eigenvalue weighted by atomic mass is 10.1. The van der Waals surface area contributed by atoms with Gasteiger partial charge in [-0.2, -0.15) is 0 Å². The summed E-state index contributed by atoms with van der Waals surface area (Å²) in [6.07, 6.45) is 5.25. The molecule has 0 aliphatic carbocycles. The maximum absolute atomic E-state index is 5.20. The van der Waals surface area contributed by atoms with Gasteiger partial charge in [0, 0.05) is 7.11 Å². The second kappa shape index (κ2) is 3.22. The molecule has 0 aromatic rings. The van der Waals surface area contributed by atoms with Crippen LogP contribution in [0.1, 0.15) is 6.92 Å². The third kappa shape index (κ3) is 1.93. The highest BCUT2D eigenvalue weighted by atomic mass is 16.7. The molecule has 0 amide bonds. The lowest BCUT2D eigenvalue weighted by Gasteiger charge is -1.98. The van der Waals surface area contributed by atoms with E-state index in [-0.39, 0.29) is 6.10 Å². The highest BCUT2D eigenvalue weighted by Crippen LogP contribution is 2.35. The maximum atomic E-state index is 5.20. The van der Waals surface area contributed by atoms with E-state index < -0.39 is 5.60 Å². The second-order valence-electron chi connectivity index (χ2n) is 2.64. The van der Waals surface area contributed by atoms with Gasteiger partial charge in [-0.05, 0) is 6.92 Å². The Morgan fingerprint density at radius 1 is 1.73 bits per heavy atom. The van der Waals surface area contributed by atoms with Gasteiger partial charge in [0.05, 0.1) is 6.61 Å². The summed E-state index contributed by atoms with van der Waals surface area (Å²) in [4.78, 5) is 0. The van der Waals surface area contributed by atoms with E-state index in [2.05, 4.69) is 5.92 Å². The first-order valence-electron chi connectivity index (χ1n) is 3.45. The Bertz CT molecular complexity index is 173. The van der Waals surface area contributed by atoms with Crippen LogP contribution in [0, 0.1) is 12.3 Å². The number of hydrogen-bond acceptors (Lipinski definition) is 3. The molecule has 1 aliphatic rings. The van der Waals surface area contributed by atoms with Crippen molar-refractivity contribution in [1.82, 2.24) is 0 Å². The molecule has 0 bridgehead atoms. The molecule has 0 N–H and O–H groups in total. The molecule has 0 spiro atoms. The summed E-state index contributed by atoms with van der Waals surface area (Å²) in [6.45, 7) is 2.67. The van der Waals surface area contributed by atoms with Crippen molar-refractivity contribution in [3.8, 4) is 12.3 Å². The van der Waals surface area contributed by atoms with Crippen LogP contribution >= 0.6 is 0 Å². The fourth-order valence-electron chi connectivity index (χ4n) is 0.820. The summed E-state index contributed by atoms with van der Waals surface area (Å²) < 4.78 is 14.9. The summed E-state index contributed by atoms with van der Waals surface area (Å²) in [7, 11) is 1.58. The van der Waals surface area contributed by atoms with Crippen LogP contribution in [0.4, 0.5) is 0 Å². The van der Waals surface area contributed by atoms with Crippen LogP contribution in [-0.2, 0) is 14.2 Å². The molecule has 0 aromatic heterocycles. The molecule has 1 rings (SSSR count). The van der Waals surface area contributed by atoms with Gasteiger partial charge in [0.15, 0.2) is 5.60 Å². The van der Waals surface area contributed by atoms with E-state index in [1.165, 1.54) is 0 Å². The topological polar surface area (TPSA) is 31.0 Å². The van der Waals surface area contributed by atoms with E-state index >= 15 is 0 Å². The molecular weight excluding hydrogens is 144 g/mol. The minimum atomic E-state index is -0.395. The van der Waals surface area contributed by atoms with Crippen molar-refractivity contribution in [3.05, 3.63) is 0 Å². The highest BCUT2D eigenvalue weighted by molar-refractivity contribution is 5.19. The van der Waals surface area contributed by atoms with Crippen molar-refractivity contribution in [2.24, 2.45) is 0 Å².